The topological polar surface area (TPSA) is 290 Å². The molecule has 0 saturated carbocycles. The summed E-state index contributed by atoms with van der Waals surface area (Å²) >= 11 is 8.71. The first kappa shape index (κ1) is 46.5. The Kier molecular flexibility index (Phi) is 16.2. The van der Waals surface area contributed by atoms with Crippen molar-refractivity contribution in [1.82, 2.24) is 30.5 Å². The van der Waals surface area contributed by atoms with E-state index in [4.69, 9.17) is 31.8 Å². The van der Waals surface area contributed by atoms with E-state index in [9.17, 15) is 34.5 Å². The van der Waals surface area contributed by atoms with Crippen LogP contribution < -0.4 is 84.5 Å². The number of carboxylic acid groups (broad SMARTS) is 1. The van der Waals surface area contributed by atoms with Crippen LogP contribution in [0.1, 0.15) is 40.4 Å². The van der Waals surface area contributed by atoms with E-state index in [1.54, 1.807) is 11.0 Å². The number of aromatic nitrogens is 6. The molecule has 3 aliphatic rings. The molecule has 290 valence electrons. The number of thiazole rings is 1. The van der Waals surface area contributed by atoms with Crippen LogP contribution >= 0.6 is 34.7 Å². The number of phenolic OH excluding ortho intramolecular Hbond substituents is 2. The molecule has 20 nitrogen and oxygen atoms in total. The molecule has 0 spiro atoms. The van der Waals surface area contributed by atoms with Crippen molar-refractivity contribution in [3.05, 3.63) is 76.1 Å². The van der Waals surface area contributed by atoms with Crippen LogP contribution in [0.25, 0.3) is 5.70 Å². The molecule has 4 N–H and O–H groups in total. The van der Waals surface area contributed by atoms with Crippen LogP contribution in [0, 0.1) is 12.8 Å². The number of halogens is 1. The summed E-state index contributed by atoms with van der Waals surface area (Å²) in [6.07, 6.45) is 1.37. The number of oxime groups is 1. The molecule has 4 aromatic rings. The summed E-state index contributed by atoms with van der Waals surface area (Å²) in [6.45, 7) is 3.95. The molecule has 1 saturated heterocycles. The zero-order chi connectivity index (χ0) is 40.3. The van der Waals surface area contributed by atoms with E-state index in [-0.39, 0.29) is 117 Å². The Morgan fingerprint density at radius 2 is 1.98 bits per heavy atom. The summed E-state index contributed by atoms with van der Waals surface area (Å²) in [5.41, 5.74) is 8.17. The molecule has 2 amide bonds. The van der Waals surface area contributed by atoms with Crippen molar-refractivity contribution in [1.29, 1.82) is 0 Å². The van der Waals surface area contributed by atoms with Gasteiger partial charge in [-0.05, 0) is 24.6 Å². The molecule has 0 unspecified atom stereocenters. The SMILES string of the molecule is O=C=O.[CH2-][C@H](O/N=C(\C(=O)C[C@@H]1C(=O)N2C(c3nnn[n-]3)=C(C[n+]3cccc4c3CCCN4C(=O)c3ccc(O)c(O)c3Cl)CS[C@H]12)c1csc(N)n1)C(=O)[O-].[Na+].[Na+]. The number of tetrazole rings is 1. The van der Waals surface area contributed by atoms with E-state index in [0.717, 1.165) is 22.6 Å². The number of fused-ring (bicyclic) bond motifs is 2. The standard InChI is InChI=1S/C32H29ClN10O8S2.CO2.2Na/c1-14(31(49)50)51-38-24(18-13-53-32(34)35-18)22(45)10-17-29(48)43-25(27-36-39-40-37-27)15(12-52-30(17)43)11-41-8-2-5-20-19(41)4-3-9-42(20)28(47)16-6-7-21(44)26(46)23(16)33;2-1-3;;/h2,5-8,13-14,17,30H,1,3-4,9-12H2,(H6,34,35,36,37,38,39,40,44,45,46,47,49,50);;;/q;;2*+1/p-2/t14-,17+,30+;;;/m0.../s1. The van der Waals surface area contributed by atoms with Gasteiger partial charge in [-0.1, -0.05) is 16.8 Å². The van der Waals surface area contributed by atoms with Gasteiger partial charge in [0.15, 0.2) is 40.9 Å². The van der Waals surface area contributed by atoms with Crippen molar-refractivity contribution in [2.45, 2.75) is 37.3 Å². The normalized spacial score (nSPS) is 17.5. The van der Waals surface area contributed by atoms with Gasteiger partial charge in [-0.3, -0.25) is 36.5 Å². The zero-order valence-electron chi connectivity index (χ0n) is 30.6. The number of ketones is 1. The number of carbonyl (C=O) groups is 4. The number of anilines is 2. The number of aliphatic carboxylic acids is 1. The maximum Gasteiger partial charge on any atom is 1.00 e. The third kappa shape index (κ3) is 9.46. The monoisotopic (exact) mass is 868 g/mol. The average molecular weight is 869 g/mol. The minimum atomic E-state index is -1.70. The molecule has 6 heterocycles. The van der Waals surface area contributed by atoms with Crippen LogP contribution in [-0.2, 0) is 41.8 Å². The fourth-order valence-corrected chi connectivity index (χ4v) is 8.52. The molecule has 3 aliphatic heterocycles. The summed E-state index contributed by atoms with van der Waals surface area (Å²) < 4.78 is 1.97. The fraction of sp³-hybridized carbons (Fsp3) is 0.273. The molecule has 58 heavy (non-hydrogen) atoms. The maximum atomic E-state index is 13.8. The average Bonchev–Trinajstić information content (AvgIpc) is 3.88. The van der Waals surface area contributed by atoms with Gasteiger partial charge in [-0.25, -0.2) is 4.98 Å². The molecule has 0 radical (unpaired) electrons. The minimum Gasteiger partial charge on any atom is -0.549 e. The fourth-order valence-electron chi connectivity index (χ4n) is 6.33. The first-order chi connectivity index (χ1) is 26.9. The zero-order valence-corrected chi connectivity index (χ0v) is 37.0. The number of aromatic hydroxyl groups is 2. The quantitative estimate of drug-likeness (QED) is 0.0240. The van der Waals surface area contributed by atoms with Gasteiger partial charge < -0.3 is 40.7 Å². The molecule has 7 rings (SSSR count). The predicted molar refractivity (Wildman–Crippen MR) is 191 cm³/mol. The van der Waals surface area contributed by atoms with Crippen LogP contribution in [0.4, 0.5) is 10.8 Å². The summed E-state index contributed by atoms with van der Waals surface area (Å²) in [5.74, 6) is -4.38. The summed E-state index contributed by atoms with van der Waals surface area (Å²) in [7, 11) is 0. The molecule has 0 bridgehead atoms. The number of hydrogen-bond donors (Lipinski definition) is 3. The predicted octanol–water partition coefficient (Wildman–Crippen LogP) is -6.49. The molecule has 1 aromatic carbocycles. The molecule has 25 heteroatoms. The summed E-state index contributed by atoms with van der Waals surface area (Å²) in [4.78, 5) is 80.5. The molecule has 0 aliphatic carbocycles. The largest absolute Gasteiger partial charge is 1.00 e. The Balaban J connectivity index is 0.00000144. The number of nitrogens with two attached hydrogens (primary N) is 1. The smallest absolute Gasteiger partial charge is 0.549 e. The first-order valence-corrected chi connectivity index (χ1v) is 18.6. The number of β-lactam (4-membered cyclic amide) rings is 1. The Labute approximate surface area is 385 Å². The number of carboxylic acids is 1. The first-order valence-electron chi connectivity index (χ1n) is 16.3. The Morgan fingerprint density at radius 3 is 2.64 bits per heavy atom. The van der Waals surface area contributed by atoms with Gasteiger partial charge in [0.1, 0.15) is 11.4 Å². The Hall–Kier alpha value is -4.22. The van der Waals surface area contributed by atoms with Crippen molar-refractivity contribution in [3.63, 3.8) is 0 Å². The number of nitrogens with zero attached hydrogens (tertiary/aromatic N) is 9. The van der Waals surface area contributed by atoms with E-state index in [1.807, 2.05) is 16.8 Å². The van der Waals surface area contributed by atoms with E-state index in [0.29, 0.717) is 36.5 Å². The summed E-state index contributed by atoms with van der Waals surface area (Å²) in [6, 6.07) is 6.16. The second-order valence-electron chi connectivity index (χ2n) is 12.1. The van der Waals surface area contributed by atoms with Gasteiger partial charge in [-0.15, -0.1) is 23.1 Å². The third-order valence-corrected chi connectivity index (χ3v) is 11.3. The number of thioether (sulfide) groups is 1. The number of rotatable bonds is 11. The number of carbonyl (C=O) groups excluding carboxylic acids is 6. The second-order valence-corrected chi connectivity index (χ2v) is 14.5. The maximum absolute atomic E-state index is 13.8. The van der Waals surface area contributed by atoms with Crippen molar-refractivity contribution in [3.8, 4) is 11.5 Å². The number of phenols is 2. The van der Waals surface area contributed by atoms with Crippen molar-refractivity contribution < 1.29 is 113 Å². The number of nitrogen functional groups attached to an aromatic ring is 1. The van der Waals surface area contributed by atoms with Gasteiger partial charge in [0.2, 0.25) is 11.6 Å². The van der Waals surface area contributed by atoms with Crippen LogP contribution in [0.2, 0.25) is 5.02 Å². The van der Waals surface area contributed by atoms with Crippen LogP contribution in [0.5, 0.6) is 11.5 Å². The number of Topliss-reactive ketones (excluding diaryl/α,β-unsaturated/α-hetero) is 1. The van der Waals surface area contributed by atoms with E-state index >= 15 is 0 Å². The number of hydrogen-bond acceptors (Lipinski definition) is 18. The number of pyridine rings is 1. The number of benzene rings is 1. The van der Waals surface area contributed by atoms with E-state index in [1.165, 1.54) is 34.2 Å². The van der Waals surface area contributed by atoms with Crippen molar-refractivity contribution in [2.24, 2.45) is 11.1 Å². The van der Waals surface area contributed by atoms with Gasteiger partial charge in [0.05, 0.1) is 39.4 Å². The van der Waals surface area contributed by atoms with E-state index in [2.05, 4.69) is 37.7 Å². The van der Waals surface area contributed by atoms with Gasteiger partial charge in [0.25, 0.3) is 5.91 Å². The van der Waals surface area contributed by atoms with Gasteiger partial charge in [-0.2, -0.15) is 19.4 Å². The second kappa shape index (κ2) is 20.2. The van der Waals surface area contributed by atoms with Gasteiger partial charge >= 0.3 is 65.3 Å². The minimum absolute atomic E-state index is 0. The molecular weight excluding hydrogens is 842 g/mol. The van der Waals surface area contributed by atoms with Crippen molar-refractivity contribution >= 4 is 86.6 Å². The molecule has 3 atom stereocenters. The van der Waals surface area contributed by atoms with Crippen LogP contribution in [-0.4, -0.2) is 94.8 Å². The van der Waals surface area contributed by atoms with E-state index < -0.39 is 46.6 Å². The number of amides is 2. The van der Waals surface area contributed by atoms with Crippen LogP contribution in [0.15, 0.2) is 46.6 Å². The summed E-state index contributed by atoms with van der Waals surface area (Å²) in [5, 5.41) is 51.0. The Morgan fingerprint density at radius 1 is 1.24 bits per heavy atom. The Bertz CT molecular complexity index is 2320. The third-order valence-electron chi connectivity index (χ3n) is 8.84. The molecule has 1 fully saturated rings. The van der Waals surface area contributed by atoms with Crippen LogP contribution in [0.3, 0.4) is 0 Å². The van der Waals surface area contributed by atoms with Gasteiger partial charge in [0, 0.05) is 48.3 Å². The molecular formula is C33H27ClN10Na2O10S2. The molecule has 3 aromatic heterocycles. The van der Waals surface area contributed by atoms with Crippen molar-refractivity contribution in [2.75, 3.05) is 22.9 Å².